The number of nitrogens with zero attached hydrogens (tertiary/aromatic N) is 4. The minimum atomic E-state index is -0.565. The van der Waals surface area contributed by atoms with Crippen molar-refractivity contribution in [3.63, 3.8) is 0 Å². The molecule has 1 amide bonds. The van der Waals surface area contributed by atoms with Crippen LogP contribution in [0, 0.1) is 0 Å². The van der Waals surface area contributed by atoms with Crippen LogP contribution in [0.15, 0.2) is 28.8 Å². The fraction of sp³-hybridized carbons (Fsp3) is 0.471. The molecule has 2 aliphatic rings. The van der Waals surface area contributed by atoms with Crippen molar-refractivity contribution in [3.8, 4) is 5.75 Å². The second kappa shape index (κ2) is 6.62. The van der Waals surface area contributed by atoms with E-state index in [-0.39, 0.29) is 5.91 Å². The monoisotopic (exact) mass is 343 g/mol. The van der Waals surface area contributed by atoms with Crippen LogP contribution in [0.1, 0.15) is 18.7 Å². The SMILES string of the molecule is CNC(=O)C1CN(Cc2noc(N3CCCC3)n2)c2ccccc2O1. The molecule has 8 nitrogen and oxygen atoms in total. The number of hydrogen-bond donors (Lipinski definition) is 1. The molecule has 1 atom stereocenters. The molecule has 1 saturated heterocycles. The van der Waals surface area contributed by atoms with E-state index in [0.29, 0.717) is 30.7 Å². The van der Waals surface area contributed by atoms with Gasteiger partial charge in [0.1, 0.15) is 5.75 Å². The largest absolute Gasteiger partial charge is 0.477 e. The van der Waals surface area contributed by atoms with Gasteiger partial charge >= 0.3 is 6.01 Å². The normalized spacial score (nSPS) is 19.5. The van der Waals surface area contributed by atoms with E-state index < -0.39 is 6.10 Å². The molecule has 25 heavy (non-hydrogen) atoms. The van der Waals surface area contributed by atoms with Crippen molar-refractivity contribution >= 4 is 17.6 Å². The van der Waals surface area contributed by atoms with E-state index in [1.165, 1.54) is 0 Å². The predicted molar refractivity (Wildman–Crippen MR) is 91.7 cm³/mol. The third-order valence-corrected chi connectivity index (χ3v) is 4.57. The Labute approximate surface area is 145 Å². The zero-order valence-electron chi connectivity index (χ0n) is 14.1. The average molecular weight is 343 g/mol. The van der Waals surface area contributed by atoms with Crippen molar-refractivity contribution in [3.05, 3.63) is 30.1 Å². The summed E-state index contributed by atoms with van der Waals surface area (Å²) in [7, 11) is 1.61. The Morgan fingerprint density at radius 3 is 2.92 bits per heavy atom. The number of benzene rings is 1. The molecule has 1 fully saturated rings. The Morgan fingerprint density at radius 2 is 2.12 bits per heavy atom. The molecule has 1 unspecified atom stereocenters. The molecular formula is C17H21N5O3. The number of aromatic nitrogens is 2. The van der Waals surface area contributed by atoms with E-state index in [9.17, 15) is 4.79 Å². The smallest absolute Gasteiger partial charge is 0.324 e. The molecule has 4 rings (SSSR count). The predicted octanol–water partition coefficient (Wildman–Crippen LogP) is 1.18. The van der Waals surface area contributed by atoms with Crippen LogP contribution in [-0.2, 0) is 11.3 Å². The van der Waals surface area contributed by atoms with Crippen LogP contribution in [0.3, 0.4) is 0 Å². The van der Waals surface area contributed by atoms with E-state index in [2.05, 4.69) is 25.3 Å². The lowest BCUT2D eigenvalue weighted by molar-refractivity contribution is -0.127. The van der Waals surface area contributed by atoms with Crippen LogP contribution in [0.25, 0.3) is 0 Å². The van der Waals surface area contributed by atoms with Gasteiger partial charge in [-0.3, -0.25) is 4.79 Å². The summed E-state index contributed by atoms with van der Waals surface area (Å²) in [4.78, 5) is 20.7. The first-order valence-electron chi connectivity index (χ1n) is 8.54. The summed E-state index contributed by atoms with van der Waals surface area (Å²) in [6.45, 7) is 2.82. The van der Waals surface area contributed by atoms with Crippen molar-refractivity contribution in [1.29, 1.82) is 0 Å². The molecule has 0 spiro atoms. The molecule has 132 valence electrons. The van der Waals surface area contributed by atoms with Gasteiger partial charge in [-0.2, -0.15) is 4.98 Å². The van der Waals surface area contributed by atoms with E-state index in [1.54, 1.807) is 7.05 Å². The van der Waals surface area contributed by atoms with Gasteiger partial charge in [-0.05, 0) is 25.0 Å². The minimum absolute atomic E-state index is 0.148. The Balaban J connectivity index is 1.55. The lowest BCUT2D eigenvalue weighted by Gasteiger charge is -2.34. The maximum atomic E-state index is 12.0. The summed E-state index contributed by atoms with van der Waals surface area (Å²) in [5.41, 5.74) is 0.926. The number of rotatable bonds is 4. The number of nitrogens with one attached hydrogen (secondary N) is 1. The first-order valence-corrected chi connectivity index (χ1v) is 8.54. The van der Waals surface area contributed by atoms with Gasteiger partial charge in [-0.1, -0.05) is 17.3 Å². The van der Waals surface area contributed by atoms with Crippen molar-refractivity contribution in [1.82, 2.24) is 15.5 Å². The van der Waals surface area contributed by atoms with Gasteiger partial charge in [-0.25, -0.2) is 0 Å². The third-order valence-electron chi connectivity index (χ3n) is 4.57. The third kappa shape index (κ3) is 3.11. The van der Waals surface area contributed by atoms with Gasteiger partial charge in [0.2, 0.25) is 0 Å². The molecule has 1 aromatic heterocycles. The summed E-state index contributed by atoms with van der Waals surface area (Å²) in [5, 5.41) is 6.75. The maximum Gasteiger partial charge on any atom is 0.324 e. The van der Waals surface area contributed by atoms with Crippen LogP contribution in [-0.4, -0.2) is 48.8 Å². The first-order chi connectivity index (χ1) is 12.2. The van der Waals surface area contributed by atoms with Crippen LogP contribution in [0.2, 0.25) is 0 Å². The fourth-order valence-corrected chi connectivity index (χ4v) is 3.27. The number of likely N-dealkylation sites (N-methyl/N-ethyl adjacent to an activating group) is 1. The summed E-state index contributed by atoms with van der Waals surface area (Å²) >= 11 is 0. The summed E-state index contributed by atoms with van der Waals surface area (Å²) in [6, 6.07) is 8.25. The molecule has 2 aromatic rings. The topological polar surface area (TPSA) is 83.7 Å². The number of ether oxygens (including phenoxy) is 1. The molecular weight excluding hydrogens is 322 g/mol. The molecule has 0 saturated carbocycles. The zero-order valence-corrected chi connectivity index (χ0v) is 14.1. The highest BCUT2D eigenvalue weighted by molar-refractivity contribution is 5.83. The second-order valence-electron chi connectivity index (χ2n) is 6.26. The molecule has 0 radical (unpaired) electrons. The molecule has 1 N–H and O–H groups in total. The van der Waals surface area contributed by atoms with Crippen molar-refractivity contribution in [2.24, 2.45) is 0 Å². The Hall–Kier alpha value is -2.77. The van der Waals surface area contributed by atoms with Crippen molar-refractivity contribution in [2.45, 2.75) is 25.5 Å². The van der Waals surface area contributed by atoms with Crippen LogP contribution < -0.4 is 19.9 Å². The lowest BCUT2D eigenvalue weighted by atomic mass is 10.1. The van der Waals surface area contributed by atoms with Crippen LogP contribution in [0.4, 0.5) is 11.7 Å². The van der Waals surface area contributed by atoms with Crippen molar-refractivity contribution < 1.29 is 14.1 Å². The quantitative estimate of drug-likeness (QED) is 0.892. The van der Waals surface area contributed by atoms with Crippen LogP contribution >= 0.6 is 0 Å². The van der Waals surface area contributed by atoms with Crippen molar-refractivity contribution in [2.75, 3.05) is 36.5 Å². The van der Waals surface area contributed by atoms with E-state index in [4.69, 9.17) is 9.26 Å². The molecule has 3 heterocycles. The standard InChI is InChI=1S/C17H21N5O3/c1-18-16(23)14-10-22(12-6-2-3-7-13(12)24-14)11-15-19-17(25-20-15)21-8-4-5-9-21/h2-3,6-7,14H,4-5,8-11H2,1H3,(H,18,23). The Bertz CT molecular complexity index is 756. The van der Waals surface area contributed by atoms with E-state index >= 15 is 0 Å². The Morgan fingerprint density at radius 1 is 1.32 bits per heavy atom. The van der Waals surface area contributed by atoms with Gasteiger partial charge in [0.15, 0.2) is 11.9 Å². The van der Waals surface area contributed by atoms with Crippen LogP contribution in [0.5, 0.6) is 5.75 Å². The van der Waals surface area contributed by atoms with Gasteiger partial charge in [0, 0.05) is 20.1 Å². The number of carbonyl (C=O) groups excluding carboxylic acids is 1. The first kappa shape index (κ1) is 15.7. The van der Waals surface area contributed by atoms with Gasteiger partial charge in [0.05, 0.1) is 18.8 Å². The highest BCUT2D eigenvalue weighted by atomic mass is 16.5. The average Bonchev–Trinajstić information content (AvgIpc) is 3.32. The highest BCUT2D eigenvalue weighted by Crippen LogP contribution is 2.34. The number of anilines is 2. The number of para-hydroxylation sites is 2. The molecule has 8 heteroatoms. The number of carbonyl (C=O) groups is 1. The molecule has 0 bridgehead atoms. The fourth-order valence-electron chi connectivity index (χ4n) is 3.27. The molecule has 1 aromatic carbocycles. The number of hydrogen-bond acceptors (Lipinski definition) is 7. The Kier molecular flexibility index (Phi) is 4.17. The number of amides is 1. The molecule has 0 aliphatic carbocycles. The highest BCUT2D eigenvalue weighted by Gasteiger charge is 2.31. The van der Waals surface area contributed by atoms with E-state index in [0.717, 1.165) is 31.6 Å². The summed E-state index contributed by atoms with van der Waals surface area (Å²) in [6.07, 6.45) is 1.75. The molecule has 2 aliphatic heterocycles. The van der Waals surface area contributed by atoms with Gasteiger partial charge in [-0.15, -0.1) is 0 Å². The second-order valence-corrected chi connectivity index (χ2v) is 6.26. The van der Waals surface area contributed by atoms with E-state index in [1.807, 2.05) is 24.3 Å². The number of fused-ring (bicyclic) bond motifs is 1. The maximum absolute atomic E-state index is 12.0. The van der Waals surface area contributed by atoms with Gasteiger partial charge in [0.25, 0.3) is 5.91 Å². The summed E-state index contributed by atoms with van der Waals surface area (Å²) < 4.78 is 11.2. The van der Waals surface area contributed by atoms with Gasteiger partial charge < -0.3 is 24.4 Å². The minimum Gasteiger partial charge on any atom is -0.477 e. The summed E-state index contributed by atoms with van der Waals surface area (Å²) in [5.74, 6) is 1.14. The lowest BCUT2D eigenvalue weighted by Crippen LogP contribution is -2.48. The zero-order chi connectivity index (χ0) is 17.2.